The highest BCUT2D eigenvalue weighted by molar-refractivity contribution is 5.96. The second kappa shape index (κ2) is 19.3. The van der Waals surface area contributed by atoms with Crippen LogP contribution in [0.15, 0.2) is 30.3 Å². The van der Waals surface area contributed by atoms with Crippen molar-refractivity contribution in [3.63, 3.8) is 0 Å². The fourth-order valence-corrected chi connectivity index (χ4v) is 4.35. The zero-order chi connectivity index (χ0) is 33.4. The largest absolute Gasteiger partial charge is 0.481 e. The van der Waals surface area contributed by atoms with E-state index in [4.69, 9.17) is 11.5 Å². The fourth-order valence-electron chi connectivity index (χ4n) is 4.35. The highest BCUT2D eigenvalue weighted by atomic mass is 16.4. The average Bonchev–Trinajstić information content (AvgIpc) is 2.97. The molecule has 1 aromatic carbocycles. The molecule has 0 spiro atoms. The quantitative estimate of drug-likeness (QED) is 0.0899. The van der Waals surface area contributed by atoms with Crippen LogP contribution in [0.1, 0.15) is 65.4 Å². The van der Waals surface area contributed by atoms with Gasteiger partial charge in [0, 0.05) is 6.42 Å². The van der Waals surface area contributed by atoms with Crippen LogP contribution in [0.5, 0.6) is 0 Å². The molecular weight excluding hydrogens is 572 g/mol. The summed E-state index contributed by atoms with van der Waals surface area (Å²) < 4.78 is 0. The van der Waals surface area contributed by atoms with E-state index in [9.17, 15) is 39.0 Å². The molecule has 44 heavy (non-hydrogen) atoms. The minimum atomic E-state index is -1.52. The first-order valence-corrected chi connectivity index (χ1v) is 14.9. The van der Waals surface area contributed by atoms with E-state index >= 15 is 0 Å². The maximum absolute atomic E-state index is 13.6. The number of carbonyl (C=O) groups excluding carboxylic acids is 4. The summed E-state index contributed by atoms with van der Waals surface area (Å²) in [4.78, 5) is 76.0. The molecule has 0 aromatic heterocycles. The van der Waals surface area contributed by atoms with Gasteiger partial charge in [-0.1, -0.05) is 70.9 Å². The first-order chi connectivity index (χ1) is 20.7. The third-order valence-corrected chi connectivity index (χ3v) is 7.26. The molecule has 14 heteroatoms. The van der Waals surface area contributed by atoms with Crippen LogP contribution >= 0.6 is 0 Å². The zero-order valence-corrected chi connectivity index (χ0v) is 25.9. The van der Waals surface area contributed by atoms with Gasteiger partial charge >= 0.3 is 11.9 Å². The van der Waals surface area contributed by atoms with Gasteiger partial charge in [0.25, 0.3) is 0 Å². The number of nitrogens with one attached hydrogen (secondary N) is 4. The number of carbonyl (C=O) groups is 6. The fraction of sp³-hybridized carbons (Fsp3) is 0.600. The summed E-state index contributed by atoms with van der Waals surface area (Å²) in [6.07, 6.45) is 1.19. The van der Waals surface area contributed by atoms with Crippen LogP contribution in [0, 0.1) is 11.8 Å². The predicted octanol–water partition coefficient (Wildman–Crippen LogP) is -0.114. The Morgan fingerprint density at radius 2 is 1.34 bits per heavy atom. The van der Waals surface area contributed by atoms with Crippen molar-refractivity contribution in [3.8, 4) is 0 Å². The third kappa shape index (κ3) is 13.1. The van der Waals surface area contributed by atoms with Gasteiger partial charge in [0.2, 0.25) is 23.6 Å². The molecule has 0 radical (unpaired) electrons. The molecule has 14 nitrogen and oxygen atoms in total. The summed E-state index contributed by atoms with van der Waals surface area (Å²) in [5, 5.41) is 29.0. The monoisotopic (exact) mass is 620 g/mol. The smallest absolute Gasteiger partial charge is 0.326 e. The van der Waals surface area contributed by atoms with Crippen LogP contribution in [0.25, 0.3) is 0 Å². The van der Waals surface area contributed by atoms with Crippen molar-refractivity contribution >= 4 is 35.6 Å². The lowest BCUT2D eigenvalue weighted by Crippen LogP contribution is -2.60. The van der Waals surface area contributed by atoms with Gasteiger partial charge in [-0.15, -0.1) is 0 Å². The molecule has 246 valence electrons. The summed E-state index contributed by atoms with van der Waals surface area (Å²) in [6, 6.07) is 2.65. The summed E-state index contributed by atoms with van der Waals surface area (Å²) >= 11 is 0. The van der Waals surface area contributed by atoms with E-state index < -0.39 is 84.0 Å². The lowest BCUT2D eigenvalue weighted by Gasteiger charge is -2.29. The molecule has 4 amide bonds. The van der Waals surface area contributed by atoms with Crippen LogP contribution in [-0.4, -0.2) is 82.5 Å². The summed E-state index contributed by atoms with van der Waals surface area (Å²) in [7, 11) is 0. The van der Waals surface area contributed by atoms with E-state index in [1.165, 1.54) is 0 Å². The lowest BCUT2D eigenvalue weighted by atomic mass is 9.96. The van der Waals surface area contributed by atoms with Crippen LogP contribution in [0.2, 0.25) is 0 Å². The normalized spacial score (nSPS) is 15.2. The molecule has 0 unspecified atom stereocenters. The van der Waals surface area contributed by atoms with E-state index in [1.807, 2.05) is 0 Å². The molecule has 0 fully saturated rings. The Balaban J connectivity index is 3.22. The Kier molecular flexibility index (Phi) is 16.6. The number of hydrogen-bond acceptors (Lipinski definition) is 8. The summed E-state index contributed by atoms with van der Waals surface area (Å²) in [5.74, 6) is -6.58. The number of benzene rings is 1. The van der Waals surface area contributed by atoms with Crippen molar-refractivity contribution in [1.82, 2.24) is 21.3 Å². The number of nitrogens with two attached hydrogens (primary N) is 2. The molecule has 0 saturated carbocycles. The Bertz CT molecular complexity index is 1120. The van der Waals surface area contributed by atoms with Crippen LogP contribution in [0.3, 0.4) is 0 Å². The van der Waals surface area contributed by atoms with E-state index in [0.29, 0.717) is 31.4 Å². The minimum absolute atomic E-state index is 0.0315. The van der Waals surface area contributed by atoms with Crippen LogP contribution < -0.4 is 32.7 Å². The molecule has 1 aromatic rings. The van der Waals surface area contributed by atoms with E-state index in [0.717, 1.165) is 0 Å². The van der Waals surface area contributed by atoms with Gasteiger partial charge in [-0.05, 0) is 36.8 Å². The van der Waals surface area contributed by atoms with E-state index in [2.05, 4.69) is 21.3 Å². The van der Waals surface area contributed by atoms with Gasteiger partial charge in [-0.25, -0.2) is 4.79 Å². The first kappa shape index (κ1) is 38.0. The molecule has 0 aliphatic heterocycles. The maximum Gasteiger partial charge on any atom is 0.326 e. The Labute approximate surface area is 258 Å². The van der Waals surface area contributed by atoms with Crippen molar-refractivity contribution < 1.29 is 39.0 Å². The molecule has 10 N–H and O–H groups in total. The Morgan fingerprint density at radius 1 is 0.773 bits per heavy atom. The zero-order valence-electron chi connectivity index (χ0n) is 25.9. The van der Waals surface area contributed by atoms with Crippen molar-refractivity contribution in [3.05, 3.63) is 35.9 Å². The van der Waals surface area contributed by atoms with Crippen molar-refractivity contribution in [1.29, 1.82) is 0 Å². The second-order valence-electron chi connectivity index (χ2n) is 11.2. The average molecular weight is 621 g/mol. The van der Waals surface area contributed by atoms with Gasteiger partial charge in [0.15, 0.2) is 0 Å². The Hall–Kier alpha value is -4.04. The second-order valence-corrected chi connectivity index (χ2v) is 11.2. The standard InChI is InChI=1S/C30H48N6O8/c1-5-18(4)25(36-28(41)22(16-23(37)38)33-26(39)20(32)13-9-10-14-31)29(42)34-21(15-19-11-7-6-8-12-19)27(40)35-24(17(2)3)30(43)44/h6-8,11-12,17-18,20-22,24-25H,5,9-10,13-16,31-32H2,1-4H3,(H,33,39)(H,34,42)(H,35,40)(H,36,41)(H,37,38)(H,43,44)/t18-,20-,21-,22-,24-,25-/m0/s1. The SMILES string of the molecule is CC[C@H](C)[C@H](NC(=O)[C@H](CC(=O)O)NC(=O)[C@@H](N)CCCCN)C(=O)N[C@@H](Cc1ccccc1)C(=O)N[C@H](C(=O)O)C(C)C. The number of carboxylic acid groups (broad SMARTS) is 2. The van der Waals surface area contributed by atoms with Crippen LogP contribution in [0.4, 0.5) is 0 Å². The van der Waals surface area contributed by atoms with Crippen LogP contribution in [-0.2, 0) is 35.2 Å². The topological polar surface area (TPSA) is 243 Å². The molecule has 6 atom stereocenters. The third-order valence-electron chi connectivity index (χ3n) is 7.26. The number of hydrogen-bond donors (Lipinski definition) is 8. The van der Waals surface area contributed by atoms with Crippen molar-refractivity contribution in [2.75, 3.05) is 6.54 Å². The molecule has 0 bridgehead atoms. The molecular formula is C30H48N6O8. The Morgan fingerprint density at radius 3 is 1.86 bits per heavy atom. The van der Waals surface area contributed by atoms with Crippen molar-refractivity contribution in [2.45, 2.75) is 96.4 Å². The summed E-state index contributed by atoms with van der Waals surface area (Å²) in [6.45, 7) is 7.16. The number of amides is 4. The van der Waals surface area contributed by atoms with Gasteiger partial charge in [-0.2, -0.15) is 0 Å². The number of carboxylic acids is 2. The molecule has 0 heterocycles. The van der Waals surface area contributed by atoms with Gasteiger partial charge in [0.1, 0.15) is 24.2 Å². The number of rotatable bonds is 20. The molecule has 0 aliphatic rings. The lowest BCUT2D eigenvalue weighted by molar-refractivity contribution is -0.143. The molecule has 0 saturated heterocycles. The predicted molar refractivity (Wildman–Crippen MR) is 163 cm³/mol. The first-order valence-electron chi connectivity index (χ1n) is 14.9. The highest BCUT2D eigenvalue weighted by Gasteiger charge is 2.35. The number of aliphatic carboxylic acids is 2. The van der Waals surface area contributed by atoms with E-state index in [1.54, 1.807) is 58.0 Å². The van der Waals surface area contributed by atoms with Gasteiger partial charge in [-0.3, -0.25) is 24.0 Å². The molecule has 0 aliphatic carbocycles. The maximum atomic E-state index is 13.6. The van der Waals surface area contributed by atoms with Gasteiger partial charge in [0.05, 0.1) is 12.5 Å². The van der Waals surface area contributed by atoms with E-state index in [-0.39, 0.29) is 12.8 Å². The van der Waals surface area contributed by atoms with Gasteiger partial charge < -0.3 is 42.9 Å². The highest BCUT2D eigenvalue weighted by Crippen LogP contribution is 2.12. The summed E-state index contributed by atoms with van der Waals surface area (Å²) in [5.41, 5.74) is 12.1. The molecule has 1 rings (SSSR count). The minimum Gasteiger partial charge on any atom is -0.481 e. The van der Waals surface area contributed by atoms with Crippen molar-refractivity contribution in [2.24, 2.45) is 23.3 Å². The number of unbranched alkanes of at least 4 members (excludes halogenated alkanes) is 1.